The summed E-state index contributed by atoms with van der Waals surface area (Å²) < 4.78 is 9.77. The second-order valence-electron chi connectivity index (χ2n) is 5.85. The smallest absolute Gasteiger partial charge is 0.325 e. The van der Waals surface area contributed by atoms with E-state index in [0.717, 1.165) is 0 Å². The number of ether oxygens (including phenoxy) is 2. The lowest BCUT2D eigenvalue weighted by molar-refractivity contribution is -0.385. The fraction of sp³-hybridized carbons (Fsp3) is 0.211. The van der Waals surface area contributed by atoms with Crippen molar-refractivity contribution in [2.75, 3.05) is 25.6 Å². The molecule has 0 bridgehead atoms. The van der Waals surface area contributed by atoms with Crippen molar-refractivity contribution < 1.29 is 28.8 Å². The minimum absolute atomic E-state index is 0.0171. The molecule has 0 heterocycles. The SMILES string of the molecule is COc1cc(NC(=O)COC(=O)CNC(=O)c2ccccc2)c(C)cc1[N+](=O)[O-]. The van der Waals surface area contributed by atoms with Gasteiger partial charge in [-0.3, -0.25) is 24.5 Å². The van der Waals surface area contributed by atoms with Gasteiger partial charge in [0.1, 0.15) is 6.54 Å². The van der Waals surface area contributed by atoms with Crippen LogP contribution in [0.5, 0.6) is 5.75 Å². The minimum Gasteiger partial charge on any atom is -0.490 e. The molecule has 0 saturated carbocycles. The zero-order chi connectivity index (χ0) is 21.4. The number of hydrogen-bond acceptors (Lipinski definition) is 7. The number of benzene rings is 2. The monoisotopic (exact) mass is 401 g/mol. The van der Waals surface area contributed by atoms with E-state index in [1.165, 1.54) is 19.2 Å². The summed E-state index contributed by atoms with van der Waals surface area (Å²) in [4.78, 5) is 46.0. The van der Waals surface area contributed by atoms with Crippen molar-refractivity contribution in [3.8, 4) is 5.75 Å². The molecule has 0 unspecified atom stereocenters. The molecule has 0 radical (unpaired) electrons. The predicted octanol–water partition coefficient (Wildman–Crippen LogP) is 1.82. The Balaban J connectivity index is 1.86. The summed E-state index contributed by atoms with van der Waals surface area (Å²) in [6.45, 7) is 0.595. The van der Waals surface area contributed by atoms with Gasteiger partial charge in [-0.1, -0.05) is 18.2 Å². The topological polar surface area (TPSA) is 137 Å². The Labute approximate surface area is 166 Å². The van der Waals surface area contributed by atoms with E-state index in [2.05, 4.69) is 10.6 Å². The second-order valence-corrected chi connectivity index (χ2v) is 5.85. The second kappa shape index (κ2) is 9.83. The molecule has 0 atom stereocenters. The Bertz CT molecular complexity index is 929. The number of hydrogen-bond donors (Lipinski definition) is 2. The van der Waals surface area contributed by atoms with Crippen LogP contribution in [0.2, 0.25) is 0 Å². The molecule has 2 rings (SSSR count). The van der Waals surface area contributed by atoms with Gasteiger partial charge in [0, 0.05) is 23.4 Å². The van der Waals surface area contributed by atoms with Crippen molar-refractivity contribution in [3.63, 3.8) is 0 Å². The van der Waals surface area contributed by atoms with Gasteiger partial charge in [0.15, 0.2) is 12.4 Å². The van der Waals surface area contributed by atoms with Crippen LogP contribution in [-0.4, -0.2) is 43.0 Å². The van der Waals surface area contributed by atoms with Crippen molar-refractivity contribution in [3.05, 3.63) is 63.7 Å². The number of nitro groups is 1. The maximum Gasteiger partial charge on any atom is 0.325 e. The molecule has 152 valence electrons. The van der Waals surface area contributed by atoms with E-state index >= 15 is 0 Å². The third kappa shape index (κ3) is 6.03. The van der Waals surface area contributed by atoms with Gasteiger partial charge >= 0.3 is 11.7 Å². The van der Waals surface area contributed by atoms with Crippen LogP contribution in [-0.2, 0) is 14.3 Å². The van der Waals surface area contributed by atoms with E-state index in [9.17, 15) is 24.5 Å². The zero-order valence-electron chi connectivity index (χ0n) is 15.8. The van der Waals surface area contributed by atoms with Gasteiger partial charge in [-0.15, -0.1) is 0 Å². The highest BCUT2D eigenvalue weighted by Crippen LogP contribution is 2.32. The number of methoxy groups -OCH3 is 1. The molecule has 0 saturated heterocycles. The quantitative estimate of drug-likeness (QED) is 0.391. The number of carbonyl (C=O) groups excluding carboxylic acids is 3. The Morgan fingerprint density at radius 1 is 1.14 bits per heavy atom. The van der Waals surface area contributed by atoms with Crippen molar-refractivity contribution in [2.24, 2.45) is 0 Å². The number of nitrogens with zero attached hydrogens (tertiary/aromatic N) is 1. The molecule has 2 aromatic carbocycles. The van der Waals surface area contributed by atoms with Gasteiger partial charge < -0.3 is 20.1 Å². The summed E-state index contributed by atoms with van der Waals surface area (Å²) in [7, 11) is 1.27. The summed E-state index contributed by atoms with van der Waals surface area (Å²) in [6, 6.07) is 10.9. The summed E-state index contributed by atoms with van der Waals surface area (Å²) in [5.74, 6) is -1.90. The highest BCUT2D eigenvalue weighted by atomic mass is 16.6. The molecule has 10 heteroatoms. The first kappa shape index (κ1) is 21.4. The molecule has 0 spiro atoms. The van der Waals surface area contributed by atoms with E-state index < -0.39 is 35.9 Å². The highest BCUT2D eigenvalue weighted by molar-refractivity contribution is 5.96. The minimum atomic E-state index is -0.789. The predicted molar refractivity (Wildman–Crippen MR) is 103 cm³/mol. The van der Waals surface area contributed by atoms with Gasteiger partial charge in [-0.05, 0) is 24.6 Å². The number of aryl methyl sites for hydroxylation is 1. The number of rotatable bonds is 8. The lowest BCUT2D eigenvalue weighted by Gasteiger charge is -2.11. The Kier molecular flexibility index (Phi) is 7.24. The first-order valence-electron chi connectivity index (χ1n) is 8.43. The number of nitrogens with one attached hydrogen (secondary N) is 2. The van der Waals surface area contributed by atoms with Gasteiger partial charge in [-0.2, -0.15) is 0 Å². The Hall–Kier alpha value is -3.95. The van der Waals surface area contributed by atoms with E-state index in [1.54, 1.807) is 37.3 Å². The van der Waals surface area contributed by atoms with Crippen LogP contribution in [0.4, 0.5) is 11.4 Å². The van der Waals surface area contributed by atoms with Gasteiger partial charge in [-0.25, -0.2) is 0 Å². The molecule has 0 fully saturated rings. The number of carbonyl (C=O) groups is 3. The van der Waals surface area contributed by atoms with Crippen LogP contribution in [0.15, 0.2) is 42.5 Å². The summed E-state index contributed by atoms with van der Waals surface area (Å²) in [6.07, 6.45) is 0. The molecule has 2 N–H and O–H groups in total. The lowest BCUT2D eigenvalue weighted by atomic mass is 10.1. The first-order chi connectivity index (χ1) is 13.8. The third-order valence-electron chi connectivity index (χ3n) is 3.79. The van der Waals surface area contributed by atoms with Crippen LogP contribution in [0.1, 0.15) is 15.9 Å². The Morgan fingerprint density at radius 2 is 1.83 bits per heavy atom. The normalized spacial score (nSPS) is 10.0. The fourth-order valence-electron chi connectivity index (χ4n) is 2.34. The third-order valence-corrected chi connectivity index (χ3v) is 3.79. The average molecular weight is 401 g/mol. The van der Waals surface area contributed by atoms with Gasteiger partial charge in [0.25, 0.3) is 11.8 Å². The molecule has 0 aliphatic heterocycles. The number of nitro benzene ring substituents is 1. The zero-order valence-corrected chi connectivity index (χ0v) is 15.8. The van der Waals surface area contributed by atoms with E-state index in [0.29, 0.717) is 11.1 Å². The number of esters is 1. The highest BCUT2D eigenvalue weighted by Gasteiger charge is 2.19. The van der Waals surface area contributed by atoms with Crippen LogP contribution in [0.25, 0.3) is 0 Å². The molecule has 0 aliphatic carbocycles. The molecular formula is C19H19N3O7. The van der Waals surface area contributed by atoms with E-state index in [4.69, 9.17) is 9.47 Å². The van der Waals surface area contributed by atoms with Crippen LogP contribution in [0, 0.1) is 17.0 Å². The number of anilines is 1. The summed E-state index contributed by atoms with van der Waals surface area (Å²) in [5.41, 5.74) is 0.877. The van der Waals surface area contributed by atoms with Gasteiger partial charge in [0.05, 0.1) is 12.0 Å². The molecule has 2 aromatic rings. The standard InChI is InChI=1S/C19H19N3O7/c1-12-8-15(22(26)27)16(28-2)9-14(12)21-17(23)11-29-18(24)10-20-19(25)13-6-4-3-5-7-13/h3-9H,10-11H2,1-2H3,(H,20,25)(H,21,23). The molecule has 2 amide bonds. The maximum absolute atomic E-state index is 12.0. The average Bonchev–Trinajstić information content (AvgIpc) is 2.72. The molecule has 29 heavy (non-hydrogen) atoms. The number of amides is 2. The summed E-state index contributed by atoms with van der Waals surface area (Å²) >= 11 is 0. The van der Waals surface area contributed by atoms with Crippen LogP contribution in [0.3, 0.4) is 0 Å². The van der Waals surface area contributed by atoms with Crippen molar-refractivity contribution >= 4 is 29.2 Å². The molecule has 0 aliphatic rings. The fourth-order valence-corrected chi connectivity index (χ4v) is 2.34. The van der Waals surface area contributed by atoms with E-state index in [-0.39, 0.29) is 17.1 Å². The molecule has 0 aromatic heterocycles. The summed E-state index contributed by atoms with van der Waals surface area (Å²) in [5, 5.41) is 15.9. The van der Waals surface area contributed by atoms with Crippen molar-refractivity contribution in [1.82, 2.24) is 5.32 Å². The molecular weight excluding hydrogens is 382 g/mol. The first-order valence-corrected chi connectivity index (χ1v) is 8.43. The largest absolute Gasteiger partial charge is 0.490 e. The van der Waals surface area contributed by atoms with E-state index in [1.807, 2.05) is 0 Å². The maximum atomic E-state index is 12.0. The Morgan fingerprint density at radius 3 is 2.45 bits per heavy atom. The van der Waals surface area contributed by atoms with Crippen molar-refractivity contribution in [2.45, 2.75) is 6.92 Å². The van der Waals surface area contributed by atoms with Crippen LogP contribution < -0.4 is 15.4 Å². The van der Waals surface area contributed by atoms with Crippen LogP contribution >= 0.6 is 0 Å². The molecule has 10 nitrogen and oxygen atoms in total. The lowest BCUT2D eigenvalue weighted by Crippen LogP contribution is -2.32. The van der Waals surface area contributed by atoms with Gasteiger partial charge in [0.2, 0.25) is 0 Å². The van der Waals surface area contributed by atoms with Crippen molar-refractivity contribution in [1.29, 1.82) is 0 Å².